The van der Waals surface area contributed by atoms with Crippen LogP contribution in [-0.2, 0) is 4.74 Å². The highest BCUT2D eigenvalue weighted by molar-refractivity contribution is 5.94. The van der Waals surface area contributed by atoms with E-state index in [1.165, 1.54) is 0 Å². The number of carbonyl (C=O) groups is 1. The summed E-state index contributed by atoms with van der Waals surface area (Å²) >= 11 is 0. The molecule has 0 fully saturated rings. The molecule has 0 aromatic heterocycles. The number of ether oxygens (including phenoxy) is 1. The lowest BCUT2D eigenvalue weighted by atomic mass is 10.1. The Balaban J connectivity index is 2.72. The van der Waals surface area contributed by atoms with Gasteiger partial charge in [0.1, 0.15) is 0 Å². The fourth-order valence-electron chi connectivity index (χ4n) is 1.70. The number of rotatable bonds is 6. The molecule has 0 aliphatic heterocycles. The first-order valence-corrected chi connectivity index (χ1v) is 6.71. The molecule has 1 N–H and O–H groups in total. The maximum absolute atomic E-state index is 12.3. The third-order valence-electron chi connectivity index (χ3n) is 2.84. The molecular formula is C16H21NO3. The number of nitrogens with zero attached hydrogens (tertiary/aromatic N) is 1. The zero-order valence-electron chi connectivity index (χ0n) is 12.1. The van der Waals surface area contributed by atoms with E-state index in [1.54, 1.807) is 24.1 Å². The molecule has 0 unspecified atom stereocenters. The highest BCUT2D eigenvalue weighted by Crippen LogP contribution is 2.07. The van der Waals surface area contributed by atoms with Crippen LogP contribution in [0.25, 0.3) is 0 Å². The average Bonchev–Trinajstić information content (AvgIpc) is 2.49. The van der Waals surface area contributed by atoms with Crippen LogP contribution in [0.4, 0.5) is 0 Å². The zero-order chi connectivity index (χ0) is 14.8. The molecule has 0 spiro atoms. The molecule has 0 aliphatic carbocycles. The monoisotopic (exact) mass is 275 g/mol. The largest absolute Gasteiger partial charge is 0.395 e. The van der Waals surface area contributed by atoms with E-state index in [2.05, 4.69) is 11.8 Å². The Morgan fingerprint density at radius 3 is 2.60 bits per heavy atom. The van der Waals surface area contributed by atoms with Gasteiger partial charge in [0.2, 0.25) is 0 Å². The fourth-order valence-corrected chi connectivity index (χ4v) is 1.70. The Labute approximate surface area is 120 Å². The number of amides is 1. The molecule has 0 saturated heterocycles. The normalized spacial score (nSPS) is 9.75. The maximum Gasteiger partial charge on any atom is 0.253 e. The fraction of sp³-hybridized carbons (Fsp3) is 0.438. The van der Waals surface area contributed by atoms with Crippen molar-refractivity contribution in [1.82, 2.24) is 4.90 Å². The number of aliphatic hydroxyl groups excluding tert-OH is 1. The maximum atomic E-state index is 12.3. The highest BCUT2D eigenvalue weighted by Gasteiger charge is 2.13. The van der Waals surface area contributed by atoms with Crippen molar-refractivity contribution in [3.05, 3.63) is 35.4 Å². The molecule has 1 rings (SSSR count). The van der Waals surface area contributed by atoms with Gasteiger partial charge < -0.3 is 14.7 Å². The van der Waals surface area contributed by atoms with Gasteiger partial charge in [0, 0.05) is 37.7 Å². The van der Waals surface area contributed by atoms with E-state index in [0.717, 1.165) is 5.56 Å². The number of methoxy groups -OCH3 is 1. The van der Waals surface area contributed by atoms with Gasteiger partial charge in [0.15, 0.2) is 0 Å². The molecule has 0 heterocycles. The predicted molar refractivity (Wildman–Crippen MR) is 78.5 cm³/mol. The Morgan fingerprint density at radius 2 is 2.05 bits per heavy atom. The molecule has 4 heteroatoms. The van der Waals surface area contributed by atoms with E-state index >= 15 is 0 Å². The van der Waals surface area contributed by atoms with E-state index in [0.29, 0.717) is 31.7 Å². The van der Waals surface area contributed by atoms with Gasteiger partial charge in [-0.05, 0) is 31.2 Å². The summed E-state index contributed by atoms with van der Waals surface area (Å²) in [6.45, 7) is 3.78. The minimum absolute atomic E-state index is 0.000539. The smallest absolute Gasteiger partial charge is 0.253 e. The third-order valence-corrected chi connectivity index (χ3v) is 2.84. The molecule has 1 aromatic rings. The van der Waals surface area contributed by atoms with Crippen LogP contribution in [0.15, 0.2) is 24.3 Å². The van der Waals surface area contributed by atoms with E-state index in [-0.39, 0.29) is 12.5 Å². The number of carbonyl (C=O) groups excluding carboxylic acids is 1. The number of benzene rings is 1. The van der Waals surface area contributed by atoms with E-state index < -0.39 is 0 Å². The first-order valence-electron chi connectivity index (χ1n) is 6.71. The minimum Gasteiger partial charge on any atom is -0.395 e. The van der Waals surface area contributed by atoms with Gasteiger partial charge in [0.25, 0.3) is 5.91 Å². The van der Waals surface area contributed by atoms with Crippen LogP contribution in [-0.4, -0.2) is 49.3 Å². The van der Waals surface area contributed by atoms with E-state index in [1.807, 2.05) is 19.1 Å². The van der Waals surface area contributed by atoms with Gasteiger partial charge in [-0.25, -0.2) is 0 Å². The van der Waals surface area contributed by atoms with Crippen molar-refractivity contribution in [3.8, 4) is 11.8 Å². The summed E-state index contributed by atoms with van der Waals surface area (Å²) in [7, 11) is 1.62. The van der Waals surface area contributed by atoms with Crippen LogP contribution in [0.1, 0.15) is 29.3 Å². The van der Waals surface area contributed by atoms with E-state index in [9.17, 15) is 4.79 Å². The number of hydrogen-bond acceptors (Lipinski definition) is 3. The van der Waals surface area contributed by atoms with Crippen LogP contribution < -0.4 is 0 Å². The van der Waals surface area contributed by atoms with Gasteiger partial charge in [-0.1, -0.05) is 11.8 Å². The van der Waals surface area contributed by atoms with Crippen LogP contribution in [0.2, 0.25) is 0 Å². The summed E-state index contributed by atoms with van der Waals surface area (Å²) in [5.41, 5.74) is 1.49. The lowest BCUT2D eigenvalue weighted by Gasteiger charge is -2.20. The summed E-state index contributed by atoms with van der Waals surface area (Å²) in [6, 6.07) is 7.20. The summed E-state index contributed by atoms with van der Waals surface area (Å²) in [5.74, 6) is 5.78. The van der Waals surface area contributed by atoms with Crippen molar-refractivity contribution in [2.24, 2.45) is 0 Å². The van der Waals surface area contributed by atoms with Crippen LogP contribution in [0.5, 0.6) is 0 Å². The van der Waals surface area contributed by atoms with Crippen molar-refractivity contribution in [2.45, 2.75) is 13.3 Å². The van der Waals surface area contributed by atoms with Gasteiger partial charge in [-0.2, -0.15) is 0 Å². The molecule has 0 saturated carbocycles. The van der Waals surface area contributed by atoms with Crippen LogP contribution >= 0.6 is 0 Å². The number of aliphatic hydroxyl groups is 1. The number of likely N-dealkylation sites (N-methyl/N-ethyl adjacent to an activating group) is 1. The number of hydrogen-bond donors (Lipinski definition) is 1. The molecule has 1 amide bonds. The second-order valence-electron chi connectivity index (χ2n) is 4.23. The average molecular weight is 275 g/mol. The molecule has 0 aliphatic rings. The Kier molecular flexibility index (Phi) is 7.41. The van der Waals surface area contributed by atoms with Crippen molar-refractivity contribution in [3.63, 3.8) is 0 Å². The molecular weight excluding hydrogens is 254 g/mol. The van der Waals surface area contributed by atoms with Gasteiger partial charge >= 0.3 is 0 Å². The van der Waals surface area contributed by atoms with Gasteiger partial charge in [0.05, 0.1) is 13.2 Å². The minimum atomic E-state index is -0.000539. The third kappa shape index (κ3) is 5.04. The zero-order valence-corrected chi connectivity index (χ0v) is 12.1. The summed E-state index contributed by atoms with van der Waals surface area (Å²) in [4.78, 5) is 14.0. The predicted octanol–water partition coefficient (Wildman–Crippen LogP) is 1.53. The van der Waals surface area contributed by atoms with Crippen LogP contribution in [0, 0.1) is 11.8 Å². The molecule has 0 atom stereocenters. The SMILES string of the molecule is CCN(CCOC)C(=O)c1ccc(C#CCCO)cc1. The quantitative estimate of drug-likeness (QED) is 0.801. The lowest BCUT2D eigenvalue weighted by molar-refractivity contribution is 0.0706. The molecule has 1 aromatic carbocycles. The van der Waals surface area contributed by atoms with Crippen LogP contribution in [0.3, 0.4) is 0 Å². The first kappa shape index (κ1) is 16.2. The lowest BCUT2D eigenvalue weighted by Crippen LogP contribution is -2.33. The standard InChI is InChI=1S/C16H21NO3/c1-3-17(11-13-20-2)16(19)15-9-7-14(8-10-15)6-4-5-12-18/h7-10,18H,3,5,11-13H2,1-2H3. The van der Waals surface area contributed by atoms with E-state index in [4.69, 9.17) is 9.84 Å². The molecule has 20 heavy (non-hydrogen) atoms. The summed E-state index contributed by atoms with van der Waals surface area (Å²) in [5, 5.41) is 8.66. The molecule has 0 radical (unpaired) electrons. The Bertz CT molecular complexity index is 471. The van der Waals surface area contributed by atoms with Crippen molar-refractivity contribution >= 4 is 5.91 Å². The van der Waals surface area contributed by atoms with Gasteiger partial charge in [-0.15, -0.1) is 0 Å². The second kappa shape index (κ2) is 9.13. The van der Waals surface area contributed by atoms with Gasteiger partial charge in [-0.3, -0.25) is 4.79 Å². The molecule has 4 nitrogen and oxygen atoms in total. The molecule has 108 valence electrons. The Hall–Kier alpha value is -1.83. The van der Waals surface area contributed by atoms with Crippen molar-refractivity contribution in [1.29, 1.82) is 0 Å². The topological polar surface area (TPSA) is 49.8 Å². The highest BCUT2D eigenvalue weighted by atomic mass is 16.5. The molecule has 0 bridgehead atoms. The Morgan fingerprint density at radius 1 is 1.35 bits per heavy atom. The van der Waals surface area contributed by atoms with Crippen molar-refractivity contribution < 1.29 is 14.6 Å². The second-order valence-corrected chi connectivity index (χ2v) is 4.23. The summed E-state index contributed by atoms with van der Waals surface area (Å²) < 4.78 is 5.00. The summed E-state index contributed by atoms with van der Waals surface area (Å²) in [6.07, 6.45) is 0.460. The van der Waals surface area contributed by atoms with Crippen molar-refractivity contribution in [2.75, 3.05) is 33.4 Å². The first-order chi connectivity index (χ1) is 9.72.